The second-order valence-electron chi connectivity index (χ2n) is 7.97. The van der Waals surface area contributed by atoms with Crippen LogP contribution in [0, 0.1) is 11.6 Å². The number of pyridine rings is 2. The van der Waals surface area contributed by atoms with Crippen LogP contribution in [0.2, 0.25) is 0 Å². The first kappa shape index (κ1) is 25.2. The van der Waals surface area contributed by atoms with Gasteiger partial charge in [0.1, 0.15) is 29.0 Å². The molecule has 4 rings (SSSR count). The largest absolute Gasteiger partial charge is 0.493 e. The van der Waals surface area contributed by atoms with E-state index < -0.39 is 27.4 Å². The first-order chi connectivity index (χ1) is 17.2. The van der Waals surface area contributed by atoms with Gasteiger partial charge in [0.25, 0.3) is 0 Å². The Bertz CT molecular complexity index is 1410. The zero-order valence-electron chi connectivity index (χ0n) is 19.6. The first-order valence-corrected chi connectivity index (χ1v) is 13.1. The van der Waals surface area contributed by atoms with Gasteiger partial charge in [0.05, 0.1) is 29.1 Å². The number of carbonyl (C=O) groups is 1. The SMILES string of the molecule is CCNC(=O)NS(C)(=O)=Cc1cc2nc(c1)OCCCOc1cc(F)ccc1-c1cc(ncc1F)N2. The summed E-state index contributed by atoms with van der Waals surface area (Å²) in [4.78, 5) is 20.3. The lowest BCUT2D eigenvalue weighted by atomic mass is 10.0. The van der Waals surface area contributed by atoms with Crippen LogP contribution in [0.3, 0.4) is 0 Å². The minimum Gasteiger partial charge on any atom is -0.493 e. The highest BCUT2D eigenvalue weighted by Crippen LogP contribution is 2.34. The van der Waals surface area contributed by atoms with Crippen molar-refractivity contribution in [2.75, 3.05) is 31.3 Å². The van der Waals surface area contributed by atoms with Gasteiger partial charge >= 0.3 is 6.03 Å². The molecule has 3 heterocycles. The average Bonchev–Trinajstić information content (AvgIpc) is 2.79. The van der Waals surface area contributed by atoms with Crippen molar-refractivity contribution in [1.29, 1.82) is 0 Å². The van der Waals surface area contributed by atoms with E-state index in [0.29, 0.717) is 29.9 Å². The molecule has 12 heteroatoms. The summed E-state index contributed by atoms with van der Waals surface area (Å²) in [6.45, 7) is 2.54. The lowest BCUT2D eigenvalue weighted by Gasteiger charge is -2.16. The molecule has 2 amide bonds. The fourth-order valence-electron chi connectivity index (χ4n) is 3.50. The van der Waals surface area contributed by atoms with Crippen LogP contribution in [-0.4, -0.2) is 51.6 Å². The van der Waals surface area contributed by atoms with E-state index in [1.807, 2.05) is 0 Å². The normalized spacial score (nSPS) is 14.4. The Balaban J connectivity index is 1.75. The Morgan fingerprint density at radius 2 is 1.94 bits per heavy atom. The summed E-state index contributed by atoms with van der Waals surface area (Å²) in [6.07, 6.45) is 2.87. The summed E-state index contributed by atoms with van der Waals surface area (Å²) < 4.78 is 55.5. The maximum Gasteiger partial charge on any atom is 0.326 e. The van der Waals surface area contributed by atoms with Crippen molar-refractivity contribution in [3.8, 4) is 22.8 Å². The smallest absolute Gasteiger partial charge is 0.326 e. The third-order valence-corrected chi connectivity index (χ3v) is 6.27. The Labute approximate surface area is 207 Å². The van der Waals surface area contributed by atoms with E-state index in [1.165, 1.54) is 35.9 Å². The molecule has 1 atom stereocenters. The van der Waals surface area contributed by atoms with Gasteiger partial charge in [0.2, 0.25) is 5.88 Å². The standard InChI is InChI=1S/C24H25F2N5O4S/c1-3-27-24(32)31-36(2,33)14-15-9-22-29-21-12-18(19(26)13-28-21)17-6-5-16(25)11-20(17)34-7-4-8-35-23(10-15)30-22/h5-6,9-14H,3-4,7-8H2,1-2H3,(H,28,29,30)(H2,27,31,32,33). The summed E-state index contributed by atoms with van der Waals surface area (Å²) in [5, 5.41) is 6.94. The summed E-state index contributed by atoms with van der Waals surface area (Å²) in [5.41, 5.74) is 1.01. The molecule has 36 heavy (non-hydrogen) atoms. The van der Waals surface area contributed by atoms with E-state index in [-0.39, 0.29) is 36.2 Å². The van der Waals surface area contributed by atoms with Crippen LogP contribution in [0.25, 0.3) is 11.1 Å². The molecule has 3 N–H and O–H groups in total. The molecule has 190 valence electrons. The predicted octanol–water partition coefficient (Wildman–Crippen LogP) is 3.63. The molecule has 3 aromatic rings. The number of fused-ring (bicyclic) bond motifs is 6. The summed E-state index contributed by atoms with van der Waals surface area (Å²) in [7, 11) is -2.90. The highest BCUT2D eigenvalue weighted by Gasteiger charge is 2.16. The molecule has 1 aliphatic rings. The van der Waals surface area contributed by atoms with Gasteiger partial charge in [-0.25, -0.2) is 22.8 Å². The maximum absolute atomic E-state index is 14.7. The summed E-state index contributed by atoms with van der Waals surface area (Å²) >= 11 is 0. The Hall–Kier alpha value is -3.93. The number of amides is 2. The summed E-state index contributed by atoms with van der Waals surface area (Å²) in [6, 6.07) is 7.96. The molecule has 9 nitrogen and oxygen atoms in total. The number of nitrogens with one attached hydrogen (secondary N) is 3. The minimum absolute atomic E-state index is 0.168. The van der Waals surface area contributed by atoms with Crippen LogP contribution in [0.5, 0.6) is 11.6 Å². The number of ether oxygens (including phenoxy) is 2. The molecule has 0 fully saturated rings. The van der Waals surface area contributed by atoms with Crippen molar-refractivity contribution in [1.82, 2.24) is 20.0 Å². The number of benzene rings is 1. The van der Waals surface area contributed by atoms with Crippen LogP contribution < -0.4 is 24.8 Å². The van der Waals surface area contributed by atoms with Gasteiger partial charge < -0.3 is 20.1 Å². The fraction of sp³-hybridized carbons (Fsp3) is 0.250. The molecule has 0 spiro atoms. The molecule has 0 saturated carbocycles. The Morgan fingerprint density at radius 1 is 1.14 bits per heavy atom. The molecular weight excluding hydrogens is 492 g/mol. The second-order valence-corrected chi connectivity index (χ2v) is 10.2. The zero-order valence-corrected chi connectivity index (χ0v) is 20.5. The van der Waals surface area contributed by atoms with Crippen molar-refractivity contribution in [2.45, 2.75) is 13.3 Å². The van der Waals surface area contributed by atoms with Crippen molar-refractivity contribution in [3.63, 3.8) is 0 Å². The first-order valence-electron chi connectivity index (χ1n) is 11.1. The van der Waals surface area contributed by atoms with Crippen molar-refractivity contribution < 1.29 is 27.3 Å². The average molecular weight is 518 g/mol. The number of carbonyl (C=O) groups excluding carboxylic acids is 1. The van der Waals surface area contributed by atoms with Gasteiger partial charge in [-0.2, -0.15) is 4.98 Å². The van der Waals surface area contributed by atoms with E-state index in [2.05, 4.69) is 25.3 Å². The fourth-order valence-corrected chi connectivity index (χ4v) is 4.66. The third-order valence-electron chi connectivity index (χ3n) is 4.96. The van der Waals surface area contributed by atoms with Gasteiger partial charge in [-0.15, -0.1) is 0 Å². The quantitative estimate of drug-likeness (QED) is 0.455. The number of hydrogen-bond donors (Lipinski definition) is 3. The van der Waals surface area contributed by atoms with Gasteiger partial charge in [-0.05, 0) is 36.8 Å². The van der Waals surface area contributed by atoms with Crippen molar-refractivity contribution in [3.05, 3.63) is 59.8 Å². The molecule has 1 aromatic carbocycles. The van der Waals surface area contributed by atoms with E-state index >= 15 is 0 Å². The van der Waals surface area contributed by atoms with Gasteiger partial charge in [0, 0.05) is 47.8 Å². The monoisotopic (exact) mass is 517 g/mol. The number of anilines is 2. The van der Waals surface area contributed by atoms with Crippen LogP contribution >= 0.6 is 0 Å². The molecular formula is C24H25F2N5O4S. The number of hydrogen-bond acceptors (Lipinski definition) is 7. The van der Waals surface area contributed by atoms with E-state index in [0.717, 1.165) is 6.20 Å². The third kappa shape index (κ3) is 6.39. The van der Waals surface area contributed by atoms with E-state index in [4.69, 9.17) is 9.47 Å². The molecule has 2 aromatic heterocycles. The van der Waals surface area contributed by atoms with Crippen molar-refractivity contribution >= 4 is 32.7 Å². The Kier molecular flexibility index (Phi) is 7.53. The molecule has 0 saturated heterocycles. The topological polar surface area (TPSA) is 114 Å². The highest BCUT2D eigenvalue weighted by atomic mass is 32.2. The minimum atomic E-state index is -2.90. The summed E-state index contributed by atoms with van der Waals surface area (Å²) in [5.74, 6) is -0.127. The number of aromatic nitrogens is 2. The van der Waals surface area contributed by atoms with Crippen LogP contribution in [0.1, 0.15) is 18.9 Å². The Morgan fingerprint density at radius 3 is 2.75 bits per heavy atom. The van der Waals surface area contributed by atoms with Gasteiger partial charge in [-0.3, -0.25) is 4.72 Å². The van der Waals surface area contributed by atoms with E-state index in [9.17, 15) is 17.8 Å². The lowest BCUT2D eigenvalue weighted by Crippen LogP contribution is -2.39. The van der Waals surface area contributed by atoms with E-state index in [1.54, 1.807) is 19.1 Å². The lowest BCUT2D eigenvalue weighted by molar-refractivity contribution is 0.242. The predicted molar refractivity (Wildman–Crippen MR) is 134 cm³/mol. The van der Waals surface area contributed by atoms with Gasteiger partial charge in [-0.1, -0.05) is 0 Å². The molecule has 1 unspecified atom stereocenters. The maximum atomic E-state index is 14.7. The van der Waals surface area contributed by atoms with Gasteiger partial charge in [0.15, 0.2) is 0 Å². The molecule has 0 aliphatic carbocycles. The number of nitrogens with zero attached hydrogens (tertiary/aromatic N) is 2. The molecule has 0 radical (unpaired) electrons. The van der Waals surface area contributed by atoms with Crippen LogP contribution in [0.15, 0.2) is 42.6 Å². The number of urea groups is 1. The molecule has 4 bridgehead atoms. The number of rotatable bonds is 3. The zero-order chi connectivity index (χ0) is 25.7. The molecule has 1 aliphatic heterocycles. The number of halogens is 2. The highest BCUT2D eigenvalue weighted by molar-refractivity contribution is 7.99. The van der Waals surface area contributed by atoms with Crippen molar-refractivity contribution in [2.24, 2.45) is 0 Å². The van der Waals surface area contributed by atoms with Crippen LogP contribution in [0.4, 0.5) is 25.2 Å². The van der Waals surface area contributed by atoms with Crippen LogP contribution in [-0.2, 0) is 9.71 Å². The second kappa shape index (κ2) is 10.8.